The molecule has 1 aromatic heterocycles. The number of rotatable bonds is 5. The number of benzene rings is 2. The predicted molar refractivity (Wildman–Crippen MR) is 96.7 cm³/mol. The van der Waals surface area contributed by atoms with Crippen molar-refractivity contribution in [2.75, 3.05) is 5.32 Å². The van der Waals surface area contributed by atoms with Gasteiger partial charge in [-0.05, 0) is 43.3 Å². The molecule has 1 unspecified atom stereocenters. The maximum Gasteiger partial charge on any atom is 0.237 e. The largest absolute Gasteiger partial charge is 0.323 e. The summed E-state index contributed by atoms with van der Waals surface area (Å²) < 4.78 is 41.4. The fourth-order valence-corrected chi connectivity index (χ4v) is 3.12. The average Bonchev–Trinajstić information content (AvgIpc) is 2.98. The number of nitrogens with one attached hydrogen (secondary N) is 1. The molecule has 0 saturated carbocycles. The van der Waals surface area contributed by atoms with E-state index >= 15 is 0 Å². The minimum atomic E-state index is -0.849. The highest BCUT2D eigenvalue weighted by Crippen LogP contribution is 2.26. The fourth-order valence-electron chi connectivity index (χ4n) is 2.30. The number of hydrogen-bond acceptors (Lipinski definition) is 4. The van der Waals surface area contributed by atoms with Gasteiger partial charge in [-0.15, -0.1) is 10.2 Å². The molecule has 0 spiro atoms. The van der Waals surface area contributed by atoms with Gasteiger partial charge in [0.05, 0.1) is 10.9 Å². The van der Waals surface area contributed by atoms with Gasteiger partial charge in [-0.2, -0.15) is 0 Å². The molecule has 2 aromatic carbocycles. The van der Waals surface area contributed by atoms with Crippen LogP contribution >= 0.6 is 11.8 Å². The van der Waals surface area contributed by atoms with Gasteiger partial charge in [0, 0.05) is 18.7 Å². The van der Waals surface area contributed by atoms with Crippen molar-refractivity contribution in [1.82, 2.24) is 14.8 Å². The van der Waals surface area contributed by atoms with Crippen LogP contribution in [-0.2, 0) is 11.8 Å². The van der Waals surface area contributed by atoms with Crippen LogP contribution in [0, 0.1) is 17.5 Å². The Morgan fingerprint density at radius 3 is 2.41 bits per heavy atom. The van der Waals surface area contributed by atoms with Gasteiger partial charge in [0.25, 0.3) is 0 Å². The first-order valence-electron chi connectivity index (χ1n) is 7.93. The maximum atomic E-state index is 13.7. The lowest BCUT2D eigenvalue weighted by molar-refractivity contribution is -0.115. The Labute approximate surface area is 157 Å². The zero-order chi connectivity index (χ0) is 19.6. The second-order valence-electron chi connectivity index (χ2n) is 5.75. The van der Waals surface area contributed by atoms with E-state index in [1.54, 1.807) is 30.7 Å². The van der Waals surface area contributed by atoms with Crippen molar-refractivity contribution < 1.29 is 18.0 Å². The molecule has 1 atom stereocenters. The van der Waals surface area contributed by atoms with Crippen LogP contribution in [-0.4, -0.2) is 25.9 Å². The number of halogens is 3. The first-order valence-corrected chi connectivity index (χ1v) is 8.81. The van der Waals surface area contributed by atoms with Crippen LogP contribution in [0.15, 0.2) is 47.6 Å². The van der Waals surface area contributed by atoms with Crippen molar-refractivity contribution in [1.29, 1.82) is 0 Å². The van der Waals surface area contributed by atoms with Crippen molar-refractivity contribution in [3.8, 4) is 11.4 Å². The summed E-state index contributed by atoms with van der Waals surface area (Å²) in [6, 6.07) is 8.74. The number of hydrogen-bond donors (Lipinski definition) is 1. The summed E-state index contributed by atoms with van der Waals surface area (Å²) in [5, 5.41) is 10.4. The highest BCUT2D eigenvalue weighted by molar-refractivity contribution is 8.00. The van der Waals surface area contributed by atoms with Crippen LogP contribution < -0.4 is 5.32 Å². The molecule has 0 aliphatic carbocycles. The molecule has 1 heterocycles. The first-order chi connectivity index (χ1) is 12.8. The fraction of sp³-hybridized carbons (Fsp3) is 0.167. The molecule has 0 bridgehead atoms. The molecular formula is C18H15F3N4OS. The molecule has 0 saturated heterocycles. The van der Waals surface area contributed by atoms with Gasteiger partial charge in [0.15, 0.2) is 11.0 Å². The molecule has 5 nitrogen and oxygen atoms in total. The van der Waals surface area contributed by atoms with Gasteiger partial charge < -0.3 is 9.88 Å². The normalized spacial score (nSPS) is 12.0. The lowest BCUT2D eigenvalue weighted by Crippen LogP contribution is -2.23. The van der Waals surface area contributed by atoms with Crippen LogP contribution in [0.3, 0.4) is 0 Å². The summed E-state index contributed by atoms with van der Waals surface area (Å²) in [6.45, 7) is 1.63. The zero-order valence-corrected chi connectivity index (χ0v) is 15.2. The molecule has 1 amide bonds. The van der Waals surface area contributed by atoms with Crippen LogP contribution in [0.1, 0.15) is 6.92 Å². The highest BCUT2D eigenvalue weighted by Gasteiger charge is 2.20. The topological polar surface area (TPSA) is 59.8 Å². The Hall–Kier alpha value is -2.81. The van der Waals surface area contributed by atoms with Gasteiger partial charge in [-0.1, -0.05) is 11.8 Å². The second kappa shape index (κ2) is 7.83. The Bertz CT molecular complexity index is 975. The van der Waals surface area contributed by atoms with Crippen LogP contribution in [0.5, 0.6) is 0 Å². The van der Waals surface area contributed by atoms with Crippen LogP contribution in [0.25, 0.3) is 11.4 Å². The van der Waals surface area contributed by atoms with Crippen molar-refractivity contribution in [2.24, 2.45) is 7.05 Å². The molecule has 0 aliphatic rings. The van der Waals surface area contributed by atoms with E-state index in [1.807, 2.05) is 0 Å². The molecule has 140 valence electrons. The summed E-state index contributed by atoms with van der Waals surface area (Å²) in [7, 11) is 1.73. The number of aromatic nitrogens is 3. The molecule has 9 heteroatoms. The van der Waals surface area contributed by atoms with Crippen molar-refractivity contribution in [2.45, 2.75) is 17.3 Å². The van der Waals surface area contributed by atoms with Gasteiger partial charge in [-0.25, -0.2) is 13.2 Å². The average molecular weight is 392 g/mol. The van der Waals surface area contributed by atoms with Crippen molar-refractivity contribution in [3.63, 3.8) is 0 Å². The molecule has 0 fully saturated rings. The molecule has 1 N–H and O–H groups in total. The smallest absolute Gasteiger partial charge is 0.237 e. The van der Waals surface area contributed by atoms with Crippen LogP contribution in [0.2, 0.25) is 0 Å². The number of carbonyl (C=O) groups is 1. The highest BCUT2D eigenvalue weighted by atomic mass is 32.2. The van der Waals surface area contributed by atoms with Gasteiger partial charge in [-0.3, -0.25) is 4.79 Å². The third-order valence-corrected chi connectivity index (χ3v) is 4.91. The van der Waals surface area contributed by atoms with E-state index in [9.17, 15) is 18.0 Å². The third-order valence-electron chi connectivity index (χ3n) is 3.78. The molecule has 27 heavy (non-hydrogen) atoms. The van der Waals surface area contributed by atoms with E-state index in [-0.39, 0.29) is 11.5 Å². The number of thioether (sulfide) groups is 1. The lowest BCUT2D eigenvalue weighted by atomic mass is 10.2. The zero-order valence-electron chi connectivity index (χ0n) is 14.4. The maximum absolute atomic E-state index is 13.7. The van der Waals surface area contributed by atoms with Gasteiger partial charge >= 0.3 is 0 Å². The Balaban J connectivity index is 1.71. The van der Waals surface area contributed by atoms with Gasteiger partial charge in [0.1, 0.15) is 17.5 Å². The lowest BCUT2D eigenvalue weighted by Gasteiger charge is -2.12. The molecular weight excluding hydrogens is 377 g/mol. The molecule has 0 aliphatic heterocycles. The second-order valence-corrected chi connectivity index (χ2v) is 7.05. The number of carbonyl (C=O) groups excluding carboxylic acids is 1. The quantitative estimate of drug-likeness (QED) is 0.667. The summed E-state index contributed by atoms with van der Waals surface area (Å²) in [6.07, 6.45) is 0. The van der Waals surface area contributed by atoms with Gasteiger partial charge in [0.2, 0.25) is 5.91 Å². The van der Waals surface area contributed by atoms with E-state index in [4.69, 9.17) is 0 Å². The summed E-state index contributed by atoms with van der Waals surface area (Å²) in [5.41, 5.74) is 0.586. The SMILES string of the molecule is CC(Sc1nnc(-c2ccc(F)cc2)n1C)C(=O)Nc1ccc(F)cc1F. The molecule has 3 aromatic rings. The Kier molecular flexibility index (Phi) is 5.50. The summed E-state index contributed by atoms with van der Waals surface area (Å²) in [5.74, 6) is -1.86. The van der Waals surface area contributed by atoms with E-state index in [2.05, 4.69) is 15.5 Å². The number of nitrogens with zero attached hydrogens (tertiary/aromatic N) is 3. The molecule has 3 rings (SSSR count). The van der Waals surface area contributed by atoms with Crippen molar-refractivity contribution >= 4 is 23.4 Å². The predicted octanol–water partition coefficient (Wildman–Crippen LogP) is 4.02. The minimum absolute atomic E-state index is 0.0983. The van der Waals surface area contributed by atoms with Crippen molar-refractivity contribution in [3.05, 3.63) is 59.9 Å². The molecule has 0 radical (unpaired) electrons. The third kappa shape index (κ3) is 4.30. The van der Waals surface area contributed by atoms with Crippen LogP contribution in [0.4, 0.5) is 18.9 Å². The standard InChI is InChI=1S/C18H15F3N4OS/c1-10(17(26)22-15-8-7-13(20)9-14(15)21)27-18-24-23-16(25(18)2)11-3-5-12(19)6-4-11/h3-10H,1-2H3,(H,22,26). The number of amides is 1. The summed E-state index contributed by atoms with van der Waals surface area (Å²) >= 11 is 1.13. The van der Waals surface area contributed by atoms with E-state index in [1.165, 1.54) is 12.1 Å². The first kappa shape index (κ1) is 19.0. The minimum Gasteiger partial charge on any atom is -0.323 e. The van der Waals surface area contributed by atoms with E-state index in [0.29, 0.717) is 22.6 Å². The Morgan fingerprint density at radius 2 is 1.74 bits per heavy atom. The summed E-state index contributed by atoms with van der Waals surface area (Å²) in [4.78, 5) is 12.3. The van der Waals surface area contributed by atoms with E-state index < -0.39 is 22.8 Å². The van der Waals surface area contributed by atoms with E-state index in [0.717, 1.165) is 23.9 Å². The monoisotopic (exact) mass is 392 g/mol. The Morgan fingerprint density at radius 1 is 1.07 bits per heavy atom. The number of anilines is 1.